The molecule has 0 bridgehead atoms. The zero-order chi connectivity index (χ0) is 11.6. The fourth-order valence-electron chi connectivity index (χ4n) is 1.90. The number of halogens is 1. The number of piperidine rings is 1. The van der Waals surface area contributed by atoms with Crippen molar-refractivity contribution in [2.75, 3.05) is 18.0 Å². The summed E-state index contributed by atoms with van der Waals surface area (Å²) in [6.45, 7) is 3.60. The third-order valence-electron chi connectivity index (χ3n) is 3.17. The van der Waals surface area contributed by atoms with Gasteiger partial charge in [-0.25, -0.2) is 9.37 Å². The van der Waals surface area contributed by atoms with Crippen molar-refractivity contribution in [2.24, 2.45) is 5.41 Å². The fourth-order valence-corrected chi connectivity index (χ4v) is 1.90. The molecular weight excluding hydrogens is 205 g/mol. The van der Waals surface area contributed by atoms with Crippen LogP contribution in [0, 0.1) is 22.6 Å². The lowest BCUT2D eigenvalue weighted by Gasteiger charge is -2.35. The van der Waals surface area contributed by atoms with Gasteiger partial charge in [0.2, 0.25) is 0 Å². The summed E-state index contributed by atoms with van der Waals surface area (Å²) in [4.78, 5) is 6.14. The summed E-state index contributed by atoms with van der Waals surface area (Å²) in [5.41, 5.74) is -0.212. The summed E-state index contributed by atoms with van der Waals surface area (Å²) in [6, 6.07) is 5.46. The number of hydrogen-bond acceptors (Lipinski definition) is 3. The van der Waals surface area contributed by atoms with Crippen LogP contribution in [0.4, 0.5) is 10.2 Å². The summed E-state index contributed by atoms with van der Waals surface area (Å²) in [6.07, 6.45) is 2.90. The molecule has 84 valence electrons. The van der Waals surface area contributed by atoms with Crippen molar-refractivity contribution in [3.8, 4) is 6.07 Å². The molecule has 2 rings (SSSR count). The first-order valence-electron chi connectivity index (χ1n) is 5.41. The molecule has 1 saturated heterocycles. The van der Waals surface area contributed by atoms with Gasteiger partial charge in [-0.3, -0.25) is 0 Å². The second-order valence-electron chi connectivity index (χ2n) is 4.49. The Morgan fingerprint density at radius 1 is 1.44 bits per heavy atom. The molecule has 1 aliphatic rings. The Kier molecular flexibility index (Phi) is 2.78. The molecule has 1 aromatic rings. The van der Waals surface area contributed by atoms with Crippen LogP contribution >= 0.6 is 0 Å². The number of aromatic nitrogens is 1. The van der Waals surface area contributed by atoms with E-state index in [-0.39, 0.29) is 11.2 Å². The van der Waals surface area contributed by atoms with Gasteiger partial charge in [-0.05, 0) is 31.9 Å². The van der Waals surface area contributed by atoms with Crippen molar-refractivity contribution in [2.45, 2.75) is 19.8 Å². The minimum atomic E-state index is -0.317. The van der Waals surface area contributed by atoms with Crippen LogP contribution in [0.15, 0.2) is 18.3 Å². The van der Waals surface area contributed by atoms with Gasteiger partial charge in [-0.2, -0.15) is 5.26 Å². The van der Waals surface area contributed by atoms with Gasteiger partial charge < -0.3 is 4.90 Å². The highest BCUT2D eigenvalue weighted by Crippen LogP contribution is 2.31. The number of rotatable bonds is 1. The molecule has 3 nitrogen and oxygen atoms in total. The zero-order valence-corrected chi connectivity index (χ0v) is 9.28. The Hall–Kier alpha value is -1.63. The Labute approximate surface area is 94.5 Å². The molecule has 1 aromatic heterocycles. The van der Waals surface area contributed by atoms with E-state index >= 15 is 0 Å². The topological polar surface area (TPSA) is 39.9 Å². The van der Waals surface area contributed by atoms with Gasteiger partial charge in [0.15, 0.2) is 0 Å². The smallest absolute Gasteiger partial charge is 0.141 e. The molecule has 0 saturated carbocycles. The number of pyridine rings is 1. The highest BCUT2D eigenvalue weighted by atomic mass is 19.1. The van der Waals surface area contributed by atoms with Gasteiger partial charge in [0.05, 0.1) is 17.7 Å². The number of nitriles is 1. The van der Waals surface area contributed by atoms with E-state index in [9.17, 15) is 4.39 Å². The maximum atomic E-state index is 12.7. The molecule has 4 heteroatoms. The average molecular weight is 219 g/mol. The minimum absolute atomic E-state index is 0.212. The normalized spacial score (nSPS) is 19.2. The van der Waals surface area contributed by atoms with Crippen molar-refractivity contribution >= 4 is 5.82 Å². The van der Waals surface area contributed by atoms with E-state index in [0.717, 1.165) is 31.7 Å². The second-order valence-corrected chi connectivity index (χ2v) is 4.49. The summed E-state index contributed by atoms with van der Waals surface area (Å²) in [5.74, 6) is 0.476. The lowest BCUT2D eigenvalue weighted by molar-refractivity contribution is 0.336. The van der Waals surface area contributed by atoms with E-state index in [1.165, 1.54) is 12.3 Å². The molecule has 0 aromatic carbocycles. The van der Waals surface area contributed by atoms with Gasteiger partial charge >= 0.3 is 0 Å². The van der Waals surface area contributed by atoms with Crippen LogP contribution in [-0.4, -0.2) is 18.1 Å². The molecule has 2 heterocycles. The van der Waals surface area contributed by atoms with Crippen LogP contribution in [0.25, 0.3) is 0 Å². The van der Waals surface area contributed by atoms with Crippen molar-refractivity contribution < 1.29 is 4.39 Å². The van der Waals surface area contributed by atoms with E-state index in [0.29, 0.717) is 0 Å². The summed E-state index contributed by atoms with van der Waals surface area (Å²) < 4.78 is 12.7. The molecule has 1 aliphatic heterocycles. The molecule has 0 radical (unpaired) electrons. The highest BCUT2D eigenvalue weighted by molar-refractivity contribution is 5.38. The van der Waals surface area contributed by atoms with Crippen LogP contribution < -0.4 is 4.90 Å². The first kappa shape index (κ1) is 10.9. The van der Waals surface area contributed by atoms with Crippen molar-refractivity contribution in [3.63, 3.8) is 0 Å². The van der Waals surface area contributed by atoms with E-state index in [4.69, 9.17) is 5.26 Å². The van der Waals surface area contributed by atoms with E-state index in [1.807, 2.05) is 6.92 Å². The van der Waals surface area contributed by atoms with Crippen LogP contribution in [0.1, 0.15) is 19.8 Å². The monoisotopic (exact) mass is 219 g/mol. The number of anilines is 1. The second kappa shape index (κ2) is 4.09. The van der Waals surface area contributed by atoms with Crippen molar-refractivity contribution in [3.05, 3.63) is 24.1 Å². The maximum Gasteiger partial charge on any atom is 0.141 e. The molecule has 0 aliphatic carbocycles. The minimum Gasteiger partial charge on any atom is -0.357 e. The number of nitrogens with zero attached hydrogens (tertiary/aromatic N) is 3. The van der Waals surface area contributed by atoms with Crippen LogP contribution in [0.5, 0.6) is 0 Å². The molecule has 0 spiro atoms. The highest BCUT2D eigenvalue weighted by Gasteiger charge is 2.30. The molecule has 16 heavy (non-hydrogen) atoms. The van der Waals surface area contributed by atoms with E-state index in [1.54, 1.807) is 6.07 Å². The predicted octanol–water partition coefficient (Wildman–Crippen LogP) is 2.35. The van der Waals surface area contributed by atoms with Gasteiger partial charge in [0.25, 0.3) is 0 Å². The van der Waals surface area contributed by atoms with Crippen LogP contribution in [0.3, 0.4) is 0 Å². The van der Waals surface area contributed by atoms with Crippen LogP contribution in [0.2, 0.25) is 0 Å². The first-order valence-corrected chi connectivity index (χ1v) is 5.41. The quantitative estimate of drug-likeness (QED) is 0.727. The third-order valence-corrected chi connectivity index (χ3v) is 3.17. The number of hydrogen-bond donors (Lipinski definition) is 0. The first-order chi connectivity index (χ1) is 7.63. The third kappa shape index (κ3) is 2.13. The lowest BCUT2D eigenvalue weighted by Crippen LogP contribution is -2.38. The Morgan fingerprint density at radius 2 is 2.12 bits per heavy atom. The Bertz CT molecular complexity index is 399. The lowest BCUT2D eigenvalue weighted by atomic mass is 9.82. The van der Waals surface area contributed by atoms with Gasteiger partial charge in [0, 0.05) is 13.1 Å². The van der Waals surface area contributed by atoms with Crippen molar-refractivity contribution in [1.82, 2.24) is 4.98 Å². The maximum absolute atomic E-state index is 12.7. The van der Waals surface area contributed by atoms with Gasteiger partial charge in [-0.1, -0.05) is 0 Å². The largest absolute Gasteiger partial charge is 0.357 e. The fraction of sp³-hybridized carbons (Fsp3) is 0.500. The predicted molar refractivity (Wildman–Crippen MR) is 59.4 cm³/mol. The molecule has 0 unspecified atom stereocenters. The van der Waals surface area contributed by atoms with E-state index < -0.39 is 0 Å². The molecular formula is C12H14FN3. The molecule has 0 atom stereocenters. The van der Waals surface area contributed by atoms with Gasteiger partial charge in [-0.15, -0.1) is 0 Å². The standard InChI is InChI=1S/C12H14FN3/c1-12(9-14)4-6-16(7-5-12)11-3-2-10(13)8-15-11/h2-3,8H,4-7H2,1H3. The van der Waals surface area contributed by atoms with Crippen molar-refractivity contribution in [1.29, 1.82) is 5.26 Å². The van der Waals surface area contributed by atoms with Crippen LogP contribution in [-0.2, 0) is 0 Å². The summed E-state index contributed by atoms with van der Waals surface area (Å²) in [5, 5.41) is 9.01. The Balaban J connectivity index is 2.05. The Morgan fingerprint density at radius 3 is 2.62 bits per heavy atom. The zero-order valence-electron chi connectivity index (χ0n) is 9.28. The molecule has 0 amide bonds. The van der Waals surface area contributed by atoms with E-state index in [2.05, 4.69) is 16.0 Å². The average Bonchev–Trinajstić information content (AvgIpc) is 2.32. The SMILES string of the molecule is CC1(C#N)CCN(c2ccc(F)cn2)CC1. The molecule has 0 N–H and O–H groups in total. The summed E-state index contributed by atoms with van der Waals surface area (Å²) >= 11 is 0. The van der Waals surface area contributed by atoms with Gasteiger partial charge in [0.1, 0.15) is 11.6 Å². The molecule has 1 fully saturated rings. The summed E-state index contributed by atoms with van der Waals surface area (Å²) in [7, 11) is 0.